The first-order valence-corrected chi connectivity index (χ1v) is 8.11. The molecule has 2 heterocycles. The van der Waals surface area contributed by atoms with E-state index >= 15 is 0 Å². The largest absolute Gasteiger partial charge is 0.424 e. The van der Waals surface area contributed by atoms with Crippen LogP contribution >= 0.6 is 0 Å². The van der Waals surface area contributed by atoms with Crippen LogP contribution in [0, 0.1) is 0 Å². The van der Waals surface area contributed by atoms with Gasteiger partial charge in [0.2, 0.25) is 0 Å². The number of ether oxygens (including phenoxy) is 1. The second kappa shape index (κ2) is 6.97. The second-order valence-corrected chi connectivity index (χ2v) is 5.71. The van der Waals surface area contributed by atoms with E-state index in [1.54, 1.807) is 0 Å². The van der Waals surface area contributed by atoms with Gasteiger partial charge in [-0.1, -0.05) is 11.2 Å². The van der Waals surface area contributed by atoms with Gasteiger partial charge in [-0.05, 0) is 26.0 Å². The van der Waals surface area contributed by atoms with Gasteiger partial charge in [0.25, 0.3) is 0 Å². The van der Waals surface area contributed by atoms with E-state index in [-0.39, 0.29) is 6.04 Å². The predicted octanol–water partition coefficient (Wildman–Crippen LogP) is 1.52. The van der Waals surface area contributed by atoms with Crippen molar-refractivity contribution in [1.82, 2.24) is 20.1 Å². The highest BCUT2D eigenvalue weighted by molar-refractivity contribution is 5.51. The molecule has 3 rings (SSSR count). The first-order chi connectivity index (χ1) is 11.2. The van der Waals surface area contributed by atoms with Gasteiger partial charge in [-0.3, -0.25) is 4.57 Å². The maximum Gasteiger partial charge on any atom is 0.322 e. The molecule has 0 bridgehead atoms. The van der Waals surface area contributed by atoms with Crippen molar-refractivity contribution in [1.29, 1.82) is 0 Å². The molecule has 23 heavy (non-hydrogen) atoms. The molecule has 3 N–H and O–H groups in total. The lowest BCUT2D eigenvalue weighted by atomic mass is 10.2. The van der Waals surface area contributed by atoms with Crippen LogP contribution in [0.3, 0.4) is 0 Å². The van der Waals surface area contributed by atoms with Crippen LogP contribution in [0.5, 0.6) is 11.8 Å². The molecule has 1 fully saturated rings. The third-order valence-corrected chi connectivity index (χ3v) is 3.98. The number of nitrogens with one attached hydrogen (secondary N) is 1. The number of anilines is 1. The highest BCUT2D eigenvalue weighted by atomic mass is 16.5. The number of hydrogen-bond acceptors (Lipinski definition) is 6. The van der Waals surface area contributed by atoms with Gasteiger partial charge in [0.15, 0.2) is 5.82 Å². The van der Waals surface area contributed by atoms with Gasteiger partial charge in [-0.2, -0.15) is 0 Å². The summed E-state index contributed by atoms with van der Waals surface area (Å²) in [6, 6.07) is 8.41. The summed E-state index contributed by atoms with van der Waals surface area (Å²) < 4.78 is 7.86. The molecule has 0 unspecified atom stereocenters. The van der Waals surface area contributed by atoms with Crippen molar-refractivity contribution < 1.29 is 4.74 Å². The Balaban J connectivity index is 1.80. The Bertz CT molecular complexity index is 648. The summed E-state index contributed by atoms with van der Waals surface area (Å²) >= 11 is 0. The third kappa shape index (κ3) is 3.46. The lowest BCUT2D eigenvalue weighted by Crippen LogP contribution is -2.43. The topological polar surface area (TPSA) is 81.2 Å². The SMILES string of the molecule is CCn1c(Oc2cccc(N3CCNCC3)c2)nnc1[C@@H](C)N. The number of nitrogens with two attached hydrogens (primary N) is 1. The third-order valence-electron chi connectivity index (χ3n) is 3.98. The standard InChI is InChI=1S/C16H24N6O/c1-3-22-15(12(2)17)19-20-16(22)23-14-6-4-5-13(11-14)21-9-7-18-8-10-21/h4-6,11-12,18H,3,7-10,17H2,1-2H3/t12-/m1/s1. The first-order valence-electron chi connectivity index (χ1n) is 8.11. The molecule has 0 radical (unpaired) electrons. The summed E-state index contributed by atoms with van der Waals surface area (Å²) in [7, 11) is 0. The maximum atomic E-state index is 5.95. The van der Waals surface area contributed by atoms with Crippen LogP contribution in [-0.4, -0.2) is 40.9 Å². The fourth-order valence-corrected chi connectivity index (χ4v) is 2.78. The lowest BCUT2D eigenvalue weighted by Gasteiger charge is -2.29. The molecule has 0 saturated carbocycles. The minimum Gasteiger partial charge on any atom is -0.424 e. The van der Waals surface area contributed by atoms with Crippen molar-refractivity contribution in [2.75, 3.05) is 31.1 Å². The molecule has 1 saturated heterocycles. The first kappa shape index (κ1) is 15.8. The summed E-state index contributed by atoms with van der Waals surface area (Å²) in [6.45, 7) is 8.66. The minimum absolute atomic E-state index is 0.174. The Hall–Kier alpha value is -2.12. The Labute approximate surface area is 136 Å². The zero-order chi connectivity index (χ0) is 16.2. The van der Waals surface area contributed by atoms with E-state index < -0.39 is 0 Å². The fourth-order valence-electron chi connectivity index (χ4n) is 2.78. The van der Waals surface area contributed by atoms with Gasteiger partial charge in [0, 0.05) is 44.5 Å². The van der Waals surface area contributed by atoms with E-state index in [4.69, 9.17) is 10.5 Å². The number of aromatic nitrogens is 3. The van der Waals surface area contributed by atoms with Crippen LogP contribution in [0.4, 0.5) is 5.69 Å². The van der Waals surface area contributed by atoms with Gasteiger partial charge >= 0.3 is 6.01 Å². The van der Waals surface area contributed by atoms with E-state index in [1.165, 1.54) is 5.69 Å². The van der Waals surface area contributed by atoms with Gasteiger partial charge < -0.3 is 20.7 Å². The van der Waals surface area contributed by atoms with Crippen LogP contribution in [0.25, 0.3) is 0 Å². The van der Waals surface area contributed by atoms with Crippen molar-refractivity contribution in [3.8, 4) is 11.8 Å². The molecule has 0 aliphatic carbocycles. The zero-order valence-electron chi connectivity index (χ0n) is 13.7. The fraction of sp³-hybridized carbons (Fsp3) is 0.500. The summed E-state index contributed by atoms with van der Waals surface area (Å²) in [4.78, 5) is 2.35. The average Bonchev–Trinajstić information content (AvgIpc) is 2.99. The Morgan fingerprint density at radius 3 is 2.78 bits per heavy atom. The van der Waals surface area contributed by atoms with Crippen molar-refractivity contribution in [2.24, 2.45) is 5.73 Å². The Morgan fingerprint density at radius 1 is 1.30 bits per heavy atom. The summed E-state index contributed by atoms with van der Waals surface area (Å²) in [5.74, 6) is 1.50. The number of piperazine rings is 1. The zero-order valence-corrected chi connectivity index (χ0v) is 13.7. The molecular weight excluding hydrogens is 292 g/mol. The molecule has 1 aromatic carbocycles. The van der Waals surface area contributed by atoms with E-state index in [0.717, 1.165) is 44.3 Å². The molecule has 7 heteroatoms. The molecule has 0 amide bonds. The summed E-state index contributed by atoms with van der Waals surface area (Å²) in [5, 5.41) is 11.6. The molecular formula is C16H24N6O. The molecule has 1 aromatic heterocycles. The average molecular weight is 316 g/mol. The van der Waals surface area contributed by atoms with E-state index in [1.807, 2.05) is 36.6 Å². The van der Waals surface area contributed by atoms with Crippen molar-refractivity contribution >= 4 is 5.69 Å². The summed E-state index contributed by atoms with van der Waals surface area (Å²) in [6.07, 6.45) is 0. The quantitative estimate of drug-likeness (QED) is 0.870. The van der Waals surface area contributed by atoms with Crippen LogP contribution < -0.4 is 20.7 Å². The lowest BCUT2D eigenvalue weighted by molar-refractivity contribution is 0.409. The van der Waals surface area contributed by atoms with E-state index in [2.05, 4.69) is 26.5 Å². The number of hydrogen-bond donors (Lipinski definition) is 2. The van der Waals surface area contributed by atoms with E-state index in [9.17, 15) is 0 Å². The predicted molar refractivity (Wildman–Crippen MR) is 89.9 cm³/mol. The van der Waals surface area contributed by atoms with Crippen molar-refractivity contribution in [3.63, 3.8) is 0 Å². The molecule has 124 valence electrons. The molecule has 7 nitrogen and oxygen atoms in total. The Morgan fingerprint density at radius 2 is 2.09 bits per heavy atom. The number of rotatable bonds is 5. The van der Waals surface area contributed by atoms with Crippen LogP contribution in [-0.2, 0) is 6.54 Å². The van der Waals surface area contributed by atoms with Crippen LogP contribution in [0.2, 0.25) is 0 Å². The van der Waals surface area contributed by atoms with Gasteiger partial charge in [-0.25, -0.2) is 0 Å². The number of nitrogens with zero attached hydrogens (tertiary/aromatic N) is 4. The van der Waals surface area contributed by atoms with Gasteiger partial charge in [-0.15, -0.1) is 5.10 Å². The maximum absolute atomic E-state index is 5.95. The smallest absolute Gasteiger partial charge is 0.322 e. The van der Waals surface area contributed by atoms with Gasteiger partial charge in [0.05, 0.1) is 6.04 Å². The Kier molecular flexibility index (Phi) is 4.78. The normalized spacial score (nSPS) is 16.4. The van der Waals surface area contributed by atoms with Crippen molar-refractivity contribution in [2.45, 2.75) is 26.4 Å². The van der Waals surface area contributed by atoms with Crippen LogP contribution in [0.15, 0.2) is 24.3 Å². The highest BCUT2D eigenvalue weighted by Gasteiger charge is 2.16. The molecule has 1 aliphatic heterocycles. The molecule has 1 atom stereocenters. The van der Waals surface area contributed by atoms with Crippen molar-refractivity contribution in [3.05, 3.63) is 30.1 Å². The summed E-state index contributed by atoms with van der Waals surface area (Å²) in [5.41, 5.74) is 7.09. The van der Waals surface area contributed by atoms with Crippen LogP contribution in [0.1, 0.15) is 25.7 Å². The van der Waals surface area contributed by atoms with Gasteiger partial charge in [0.1, 0.15) is 5.75 Å². The minimum atomic E-state index is -0.174. The monoisotopic (exact) mass is 316 g/mol. The molecule has 2 aromatic rings. The number of benzene rings is 1. The highest BCUT2D eigenvalue weighted by Crippen LogP contribution is 2.26. The molecule has 0 spiro atoms. The van der Waals surface area contributed by atoms with E-state index in [0.29, 0.717) is 6.01 Å². The second-order valence-electron chi connectivity index (χ2n) is 5.71. The molecule has 1 aliphatic rings.